The van der Waals surface area contributed by atoms with E-state index < -0.39 is 6.10 Å². The Labute approximate surface area is 126 Å². The summed E-state index contributed by atoms with van der Waals surface area (Å²) in [6, 6.07) is 0. The molecule has 1 atom stereocenters. The van der Waals surface area contributed by atoms with Crippen molar-refractivity contribution in [2.24, 2.45) is 11.3 Å². The SMILES string of the molecule is CC(C)CCCOCC(O)CNC(C)(C)CC(C)(C)C. The Bertz CT molecular complexity index is 244. The molecule has 2 N–H and O–H groups in total. The Balaban J connectivity index is 3.74. The monoisotopic (exact) mass is 287 g/mol. The van der Waals surface area contributed by atoms with Gasteiger partial charge in [-0.05, 0) is 44.4 Å². The van der Waals surface area contributed by atoms with Crippen molar-refractivity contribution in [3.63, 3.8) is 0 Å². The largest absolute Gasteiger partial charge is 0.389 e. The molecule has 0 amide bonds. The van der Waals surface area contributed by atoms with Crippen LogP contribution in [0.4, 0.5) is 0 Å². The average Bonchev–Trinajstić information content (AvgIpc) is 2.22. The predicted molar refractivity (Wildman–Crippen MR) is 87.1 cm³/mol. The summed E-state index contributed by atoms with van der Waals surface area (Å²) >= 11 is 0. The van der Waals surface area contributed by atoms with E-state index in [0.717, 1.165) is 25.4 Å². The van der Waals surface area contributed by atoms with Gasteiger partial charge in [0.15, 0.2) is 0 Å². The molecule has 0 saturated heterocycles. The second-order valence-corrected chi connectivity index (χ2v) is 8.27. The summed E-state index contributed by atoms with van der Waals surface area (Å²) in [7, 11) is 0. The molecule has 122 valence electrons. The molecule has 0 bridgehead atoms. The number of hydrogen-bond donors (Lipinski definition) is 2. The van der Waals surface area contributed by atoms with E-state index >= 15 is 0 Å². The Morgan fingerprint density at radius 3 is 2.20 bits per heavy atom. The lowest BCUT2D eigenvalue weighted by Crippen LogP contribution is -2.46. The number of hydrogen-bond acceptors (Lipinski definition) is 3. The van der Waals surface area contributed by atoms with Gasteiger partial charge in [-0.3, -0.25) is 0 Å². The third-order valence-electron chi connectivity index (χ3n) is 3.17. The van der Waals surface area contributed by atoms with Gasteiger partial charge >= 0.3 is 0 Å². The minimum atomic E-state index is -0.423. The number of nitrogens with one attached hydrogen (secondary N) is 1. The highest BCUT2D eigenvalue weighted by Gasteiger charge is 2.25. The third-order valence-corrected chi connectivity index (χ3v) is 3.17. The van der Waals surface area contributed by atoms with Crippen LogP contribution in [0, 0.1) is 11.3 Å². The highest BCUT2D eigenvalue weighted by atomic mass is 16.5. The van der Waals surface area contributed by atoms with Gasteiger partial charge in [0.25, 0.3) is 0 Å². The lowest BCUT2D eigenvalue weighted by molar-refractivity contribution is 0.0301. The minimum Gasteiger partial charge on any atom is -0.389 e. The Morgan fingerprint density at radius 1 is 1.10 bits per heavy atom. The molecule has 20 heavy (non-hydrogen) atoms. The van der Waals surface area contributed by atoms with Crippen LogP contribution >= 0.6 is 0 Å². The van der Waals surface area contributed by atoms with Gasteiger partial charge in [-0.2, -0.15) is 0 Å². The molecule has 3 nitrogen and oxygen atoms in total. The topological polar surface area (TPSA) is 41.5 Å². The average molecular weight is 287 g/mol. The first-order valence-electron chi connectivity index (χ1n) is 8.03. The lowest BCUT2D eigenvalue weighted by atomic mass is 9.82. The van der Waals surface area contributed by atoms with Crippen molar-refractivity contribution in [1.82, 2.24) is 5.32 Å². The zero-order valence-electron chi connectivity index (χ0n) is 14.8. The first kappa shape index (κ1) is 19.9. The molecule has 0 aromatic heterocycles. The molecular formula is C17H37NO2. The van der Waals surface area contributed by atoms with Gasteiger partial charge in [-0.1, -0.05) is 34.6 Å². The summed E-state index contributed by atoms with van der Waals surface area (Å²) < 4.78 is 5.52. The molecule has 0 radical (unpaired) electrons. The molecule has 0 spiro atoms. The molecule has 0 heterocycles. The zero-order chi connectivity index (χ0) is 15.8. The molecule has 1 unspecified atom stereocenters. The fraction of sp³-hybridized carbons (Fsp3) is 1.00. The highest BCUT2D eigenvalue weighted by molar-refractivity contribution is 4.84. The quantitative estimate of drug-likeness (QED) is 0.603. The van der Waals surface area contributed by atoms with E-state index in [0.29, 0.717) is 13.2 Å². The van der Waals surface area contributed by atoms with E-state index in [1.165, 1.54) is 6.42 Å². The predicted octanol–water partition coefficient (Wildman–Crippen LogP) is 3.60. The number of rotatable bonds is 10. The van der Waals surface area contributed by atoms with Crippen molar-refractivity contribution in [2.45, 2.75) is 79.4 Å². The van der Waals surface area contributed by atoms with Crippen molar-refractivity contribution in [3.8, 4) is 0 Å². The van der Waals surface area contributed by atoms with E-state index in [4.69, 9.17) is 4.74 Å². The number of aliphatic hydroxyl groups excluding tert-OH is 1. The highest BCUT2D eigenvalue weighted by Crippen LogP contribution is 2.26. The van der Waals surface area contributed by atoms with E-state index in [2.05, 4.69) is 53.8 Å². The standard InChI is InChI=1S/C17H37NO2/c1-14(2)9-8-10-20-12-15(19)11-18-17(6,7)13-16(3,4)5/h14-15,18-19H,8-13H2,1-7H3. The third kappa shape index (κ3) is 12.9. The van der Waals surface area contributed by atoms with Crippen molar-refractivity contribution in [2.75, 3.05) is 19.8 Å². The van der Waals surface area contributed by atoms with Crippen LogP contribution in [-0.2, 0) is 4.74 Å². The van der Waals surface area contributed by atoms with Crippen LogP contribution in [-0.4, -0.2) is 36.5 Å². The number of ether oxygens (including phenoxy) is 1. The molecule has 0 aromatic carbocycles. The fourth-order valence-electron chi connectivity index (χ4n) is 2.65. The maximum Gasteiger partial charge on any atom is 0.0897 e. The van der Waals surface area contributed by atoms with Gasteiger partial charge in [0.2, 0.25) is 0 Å². The summed E-state index contributed by atoms with van der Waals surface area (Å²) in [5.41, 5.74) is 0.325. The Morgan fingerprint density at radius 2 is 1.70 bits per heavy atom. The second-order valence-electron chi connectivity index (χ2n) is 8.27. The van der Waals surface area contributed by atoms with Crippen molar-refractivity contribution >= 4 is 0 Å². The Hall–Kier alpha value is -0.120. The summed E-state index contributed by atoms with van der Waals surface area (Å²) in [5, 5.41) is 13.4. The normalized spacial score (nSPS) is 14.8. The number of β-amino-alcohol motifs (C(OH)–C–C–N with tert-alkyl or cyclic N) is 1. The van der Waals surface area contributed by atoms with Gasteiger partial charge in [0.05, 0.1) is 12.7 Å². The van der Waals surface area contributed by atoms with Gasteiger partial charge in [0, 0.05) is 18.7 Å². The maximum atomic E-state index is 9.93. The molecule has 0 aliphatic heterocycles. The molecule has 0 aliphatic rings. The minimum absolute atomic E-state index is 0.0386. The molecule has 0 aliphatic carbocycles. The van der Waals surface area contributed by atoms with Crippen LogP contribution in [0.3, 0.4) is 0 Å². The summed E-state index contributed by atoms with van der Waals surface area (Å²) in [5.74, 6) is 0.725. The summed E-state index contributed by atoms with van der Waals surface area (Å²) in [4.78, 5) is 0. The molecular weight excluding hydrogens is 250 g/mol. The van der Waals surface area contributed by atoms with Crippen LogP contribution < -0.4 is 5.32 Å². The smallest absolute Gasteiger partial charge is 0.0897 e. The number of aliphatic hydroxyl groups is 1. The molecule has 0 aromatic rings. The fourth-order valence-corrected chi connectivity index (χ4v) is 2.65. The Kier molecular flexibility index (Phi) is 8.96. The van der Waals surface area contributed by atoms with Crippen LogP contribution in [0.15, 0.2) is 0 Å². The van der Waals surface area contributed by atoms with Crippen molar-refractivity contribution in [3.05, 3.63) is 0 Å². The van der Waals surface area contributed by atoms with Crippen molar-refractivity contribution < 1.29 is 9.84 Å². The van der Waals surface area contributed by atoms with Gasteiger partial charge in [-0.25, -0.2) is 0 Å². The van der Waals surface area contributed by atoms with Crippen molar-refractivity contribution in [1.29, 1.82) is 0 Å². The maximum absolute atomic E-state index is 9.93. The van der Waals surface area contributed by atoms with E-state index in [9.17, 15) is 5.11 Å². The van der Waals surface area contributed by atoms with Crippen LogP contribution in [0.1, 0.15) is 67.7 Å². The van der Waals surface area contributed by atoms with Crippen LogP contribution in [0.25, 0.3) is 0 Å². The van der Waals surface area contributed by atoms with E-state index in [1.807, 2.05) is 0 Å². The van der Waals surface area contributed by atoms with Gasteiger partial charge in [-0.15, -0.1) is 0 Å². The molecule has 0 saturated carbocycles. The summed E-state index contributed by atoms with van der Waals surface area (Å²) in [6.45, 7) is 17.3. The van der Waals surface area contributed by atoms with Gasteiger partial charge < -0.3 is 15.2 Å². The lowest BCUT2D eigenvalue weighted by Gasteiger charge is -2.34. The first-order valence-corrected chi connectivity index (χ1v) is 8.03. The van der Waals surface area contributed by atoms with Crippen LogP contribution in [0.5, 0.6) is 0 Å². The first-order chi connectivity index (χ1) is 9.02. The van der Waals surface area contributed by atoms with Gasteiger partial charge in [0.1, 0.15) is 0 Å². The van der Waals surface area contributed by atoms with E-state index in [1.54, 1.807) is 0 Å². The van der Waals surface area contributed by atoms with Crippen LogP contribution in [0.2, 0.25) is 0 Å². The molecule has 0 rings (SSSR count). The van der Waals surface area contributed by atoms with E-state index in [-0.39, 0.29) is 11.0 Å². The molecule has 3 heteroatoms. The second kappa shape index (κ2) is 9.01. The summed E-state index contributed by atoms with van der Waals surface area (Å²) in [6.07, 6.45) is 2.91. The molecule has 0 fully saturated rings. The zero-order valence-corrected chi connectivity index (χ0v) is 14.8.